The monoisotopic (exact) mass is 252 g/mol. The summed E-state index contributed by atoms with van der Waals surface area (Å²) in [6, 6.07) is 4.92. The lowest BCUT2D eigenvalue weighted by Gasteiger charge is -1.96. The zero-order chi connectivity index (χ0) is 11.5. The van der Waals surface area contributed by atoms with Crippen LogP contribution in [-0.2, 0) is 0 Å². The molecule has 0 saturated carbocycles. The summed E-state index contributed by atoms with van der Waals surface area (Å²) in [5.74, 6) is 0. The number of nitrogens with two attached hydrogens (primary N) is 1. The molecular formula is C10H9ClN4O2. The molecule has 0 aromatic carbocycles. The molecule has 0 aliphatic carbocycles. The zero-order valence-electron chi connectivity index (χ0n) is 8.65. The molecule has 0 aliphatic rings. The molecule has 17 heavy (non-hydrogen) atoms. The van der Waals surface area contributed by atoms with Crippen molar-refractivity contribution in [2.45, 2.75) is 0 Å². The van der Waals surface area contributed by atoms with Crippen molar-refractivity contribution in [2.75, 3.05) is 5.73 Å². The van der Waals surface area contributed by atoms with Crippen molar-refractivity contribution < 1.29 is 21.9 Å². The second kappa shape index (κ2) is 5.22. The molecule has 2 aromatic rings. The highest BCUT2D eigenvalue weighted by Gasteiger charge is 2.21. The number of rotatable bonds is 2. The van der Waals surface area contributed by atoms with E-state index in [0.29, 0.717) is 11.4 Å². The van der Waals surface area contributed by atoms with Crippen LogP contribution in [-0.4, -0.2) is 9.91 Å². The third-order valence-electron chi connectivity index (χ3n) is 2.11. The van der Waals surface area contributed by atoms with E-state index < -0.39 is 4.92 Å². The van der Waals surface area contributed by atoms with E-state index in [9.17, 15) is 10.1 Å². The smallest absolute Gasteiger partial charge is 0.358 e. The average molecular weight is 253 g/mol. The highest BCUT2D eigenvalue weighted by atomic mass is 35.5. The first kappa shape index (κ1) is 12.9. The quantitative estimate of drug-likeness (QED) is 0.375. The summed E-state index contributed by atoms with van der Waals surface area (Å²) in [4.78, 5) is 14.1. The minimum absolute atomic E-state index is 0. The predicted molar refractivity (Wildman–Crippen MR) is 56.8 cm³/mol. The van der Waals surface area contributed by atoms with Gasteiger partial charge in [-0.05, 0) is 0 Å². The Balaban J connectivity index is 0.00000144. The molecule has 0 amide bonds. The number of hydrogen-bond acceptors (Lipinski definition) is 4. The lowest BCUT2D eigenvalue weighted by atomic mass is 10.3. The van der Waals surface area contributed by atoms with E-state index >= 15 is 0 Å². The highest BCUT2D eigenvalue weighted by Crippen LogP contribution is 2.15. The van der Waals surface area contributed by atoms with E-state index in [1.165, 1.54) is 12.4 Å². The largest absolute Gasteiger partial charge is 1.00 e. The summed E-state index contributed by atoms with van der Waals surface area (Å²) in [7, 11) is 0. The number of aromatic nitrogens is 2. The fourth-order valence-electron chi connectivity index (χ4n) is 1.34. The first-order valence-corrected chi connectivity index (χ1v) is 4.54. The van der Waals surface area contributed by atoms with Gasteiger partial charge in [-0.2, -0.15) is 4.57 Å². The summed E-state index contributed by atoms with van der Waals surface area (Å²) in [5.41, 5.74) is 6.56. The minimum Gasteiger partial charge on any atom is -1.00 e. The van der Waals surface area contributed by atoms with Gasteiger partial charge in [-0.15, -0.1) is 0 Å². The lowest BCUT2D eigenvalue weighted by molar-refractivity contribution is -0.600. The zero-order valence-corrected chi connectivity index (χ0v) is 9.41. The van der Waals surface area contributed by atoms with Gasteiger partial charge < -0.3 is 18.1 Å². The molecule has 6 nitrogen and oxygen atoms in total. The number of hydrogen-bond donors (Lipinski definition) is 1. The van der Waals surface area contributed by atoms with Gasteiger partial charge in [0.05, 0.1) is 4.92 Å². The molecule has 0 saturated heterocycles. The van der Waals surface area contributed by atoms with E-state index in [0.717, 1.165) is 0 Å². The Morgan fingerprint density at radius 3 is 2.53 bits per heavy atom. The van der Waals surface area contributed by atoms with Crippen LogP contribution in [0, 0.1) is 10.1 Å². The Bertz CT molecular complexity index is 530. The number of nitro groups is 1. The summed E-state index contributed by atoms with van der Waals surface area (Å²) in [6.45, 7) is 0. The second-order valence-electron chi connectivity index (χ2n) is 3.16. The number of pyridine rings is 2. The summed E-state index contributed by atoms with van der Waals surface area (Å²) in [6.07, 6.45) is 6.06. The van der Waals surface area contributed by atoms with Crippen molar-refractivity contribution in [3.05, 3.63) is 53.1 Å². The minimum atomic E-state index is -0.467. The molecule has 2 heterocycles. The molecule has 0 bridgehead atoms. The van der Waals surface area contributed by atoms with Crippen molar-refractivity contribution >= 4 is 11.4 Å². The first-order chi connectivity index (χ1) is 7.68. The maximum atomic E-state index is 10.8. The van der Waals surface area contributed by atoms with Crippen molar-refractivity contribution in [3.63, 3.8) is 0 Å². The maximum Gasteiger partial charge on any atom is 0.358 e. The maximum absolute atomic E-state index is 10.8. The van der Waals surface area contributed by atoms with Gasteiger partial charge in [-0.25, -0.2) is 0 Å². The third kappa shape index (κ3) is 2.67. The van der Waals surface area contributed by atoms with Crippen LogP contribution in [0.1, 0.15) is 0 Å². The molecule has 2 N–H and O–H groups in total. The predicted octanol–water partition coefficient (Wildman–Crippen LogP) is -2.15. The van der Waals surface area contributed by atoms with Crippen molar-refractivity contribution in [2.24, 2.45) is 0 Å². The van der Waals surface area contributed by atoms with Gasteiger partial charge in [0.2, 0.25) is 0 Å². The van der Waals surface area contributed by atoms with Crippen molar-refractivity contribution in [1.29, 1.82) is 0 Å². The van der Waals surface area contributed by atoms with Crippen LogP contribution in [0.4, 0.5) is 11.4 Å². The third-order valence-corrected chi connectivity index (χ3v) is 2.11. The van der Waals surface area contributed by atoms with Crippen LogP contribution in [0.2, 0.25) is 0 Å². The molecular weight excluding hydrogens is 244 g/mol. The Morgan fingerprint density at radius 1 is 1.29 bits per heavy atom. The number of halogens is 1. The van der Waals surface area contributed by atoms with Crippen LogP contribution >= 0.6 is 0 Å². The van der Waals surface area contributed by atoms with Crippen LogP contribution in [0.3, 0.4) is 0 Å². The Morgan fingerprint density at radius 2 is 1.94 bits per heavy atom. The Hall–Kier alpha value is -2.21. The fraction of sp³-hybridized carbons (Fsp3) is 0. The summed E-state index contributed by atoms with van der Waals surface area (Å²) < 4.78 is 1.62. The van der Waals surface area contributed by atoms with Gasteiger partial charge in [0.25, 0.3) is 5.69 Å². The van der Waals surface area contributed by atoms with Crippen LogP contribution in [0.25, 0.3) is 5.69 Å². The standard InChI is InChI=1S/C10H8N4O2.ClH/c11-8-2-5-13(6-3-8)9-1-4-12-7-10(9)14(15)16;/h1-7,11H;1H. The molecule has 0 unspecified atom stereocenters. The van der Waals surface area contributed by atoms with Crippen LogP contribution in [0.5, 0.6) is 0 Å². The number of nitrogen functional groups attached to an aromatic ring is 1. The topological polar surface area (TPSA) is 85.9 Å². The number of nitrogens with zero attached hydrogens (tertiary/aromatic N) is 3. The van der Waals surface area contributed by atoms with E-state index in [1.54, 1.807) is 35.2 Å². The SMILES string of the molecule is Nc1cc[n+](-c2ccncc2[N+](=O)[O-])cc1.[Cl-]. The fourth-order valence-corrected chi connectivity index (χ4v) is 1.34. The van der Waals surface area contributed by atoms with Gasteiger partial charge in [0.15, 0.2) is 12.4 Å². The average Bonchev–Trinajstić information content (AvgIpc) is 2.30. The number of anilines is 1. The molecule has 2 aromatic heterocycles. The van der Waals surface area contributed by atoms with Gasteiger partial charge >= 0.3 is 5.69 Å². The molecule has 0 aliphatic heterocycles. The van der Waals surface area contributed by atoms with Gasteiger partial charge in [-0.3, -0.25) is 15.1 Å². The van der Waals surface area contributed by atoms with E-state index in [-0.39, 0.29) is 18.1 Å². The van der Waals surface area contributed by atoms with Gasteiger partial charge in [-0.1, -0.05) is 0 Å². The highest BCUT2D eigenvalue weighted by molar-refractivity contribution is 5.43. The van der Waals surface area contributed by atoms with E-state index in [2.05, 4.69) is 4.98 Å². The van der Waals surface area contributed by atoms with Crippen molar-refractivity contribution in [1.82, 2.24) is 4.98 Å². The first-order valence-electron chi connectivity index (χ1n) is 4.54. The normalized spacial score (nSPS) is 9.41. The molecule has 0 atom stereocenters. The Kier molecular flexibility index (Phi) is 3.95. The summed E-state index contributed by atoms with van der Waals surface area (Å²) in [5, 5.41) is 10.8. The van der Waals surface area contributed by atoms with E-state index in [1.807, 2.05) is 0 Å². The van der Waals surface area contributed by atoms with E-state index in [4.69, 9.17) is 5.73 Å². The lowest BCUT2D eigenvalue weighted by Crippen LogP contribution is -3.00. The van der Waals surface area contributed by atoms with Crippen molar-refractivity contribution in [3.8, 4) is 5.69 Å². The summed E-state index contributed by atoms with van der Waals surface area (Å²) >= 11 is 0. The molecule has 0 fully saturated rings. The molecule has 0 radical (unpaired) electrons. The van der Waals surface area contributed by atoms with Gasteiger partial charge in [0.1, 0.15) is 6.20 Å². The van der Waals surface area contributed by atoms with Crippen LogP contribution < -0.4 is 22.7 Å². The second-order valence-corrected chi connectivity index (χ2v) is 3.16. The molecule has 88 valence electrons. The molecule has 7 heteroatoms. The molecule has 0 spiro atoms. The molecule has 2 rings (SSSR count). The Labute approximate surface area is 103 Å². The van der Waals surface area contributed by atoms with Gasteiger partial charge in [0, 0.05) is 30.1 Å². The van der Waals surface area contributed by atoms with Crippen LogP contribution in [0.15, 0.2) is 43.0 Å².